The van der Waals surface area contributed by atoms with Crippen molar-refractivity contribution in [1.29, 1.82) is 0 Å². The number of esters is 1. The third kappa shape index (κ3) is 6.94. The molecular formula is C25H25N3O5S. The van der Waals surface area contributed by atoms with E-state index < -0.39 is 5.97 Å². The molecule has 2 N–H and O–H groups in total. The molecule has 3 rings (SSSR count). The second-order valence-electron chi connectivity index (χ2n) is 6.81. The number of hydrogen-bond donors (Lipinski definition) is 2. The van der Waals surface area contributed by atoms with Crippen LogP contribution < -0.4 is 29.7 Å². The minimum atomic E-state index is -0.498. The first-order valence-electron chi connectivity index (χ1n) is 10.4. The molecule has 0 aliphatic heterocycles. The van der Waals surface area contributed by atoms with Gasteiger partial charge in [0.2, 0.25) is 0 Å². The number of carbonyl (C=O) groups is 1. The first-order valence-corrected chi connectivity index (χ1v) is 10.8. The van der Waals surface area contributed by atoms with E-state index in [4.69, 9.17) is 31.2 Å². The van der Waals surface area contributed by atoms with Crippen LogP contribution in [0.5, 0.6) is 23.0 Å². The summed E-state index contributed by atoms with van der Waals surface area (Å²) in [4.78, 5) is 12.5. The van der Waals surface area contributed by atoms with Crippen LogP contribution in [-0.2, 0) is 0 Å². The van der Waals surface area contributed by atoms with Gasteiger partial charge in [-0.05, 0) is 91.4 Å². The van der Waals surface area contributed by atoms with Gasteiger partial charge in [0.15, 0.2) is 16.6 Å². The lowest BCUT2D eigenvalue weighted by atomic mass is 10.2. The summed E-state index contributed by atoms with van der Waals surface area (Å²) in [6, 6.07) is 19.1. The van der Waals surface area contributed by atoms with Crippen molar-refractivity contribution >= 4 is 35.2 Å². The molecule has 0 unspecified atom stereocenters. The van der Waals surface area contributed by atoms with Gasteiger partial charge >= 0.3 is 5.97 Å². The zero-order valence-electron chi connectivity index (χ0n) is 19.0. The van der Waals surface area contributed by atoms with Crippen molar-refractivity contribution in [2.75, 3.05) is 26.1 Å². The molecule has 8 nitrogen and oxygen atoms in total. The van der Waals surface area contributed by atoms with Gasteiger partial charge in [0.05, 0.1) is 32.6 Å². The summed E-state index contributed by atoms with van der Waals surface area (Å²) in [5, 5.41) is 7.50. The van der Waals surface area contributed by atoms with Crippen molar-refractivity contribution in [1.82, 2.24) is 5.43 Å². The first kappa shape index (κ1) is 24.5. The average molecular weight is 480 g/mol. The Bertz CT molecular complexity index is 1150. The van der Waals surface area contributed by atoms with Gasteiger partial charge in [-0.25, -0.2) is 4.79 Å². The lowest BCUT2D eigenvalue weighted by Gasteiger charge is -2.12. The summed E-state index contributed by atoms with van der Waals surface area (Å²) in [6.45, 7) is 2.25. The molecule has 0 saturated heterocycles. The van der Waals surface area contributed by atoms with Gasteiger partial charge in [0, 0.05) is 5.69 Å². The molecule has 0 fully saturated rings. The van der Waals surface area contributed by atoms with Gasteiger partial charge in [-0.15, -0.1) is 0 Å². The van der Waals surface area contributed by atoms with Gasteiger partial charge in [-0.2, -0.15) is 5.10 Å². The van der Waals surface area contributed by atoms with E-state index in [0.29, 0.717) is 34.5 Å². The van der Waals surface area contributed by atoms with Crippen molar-refractivity contribution in [2.45, 2.75) is 6.92 Å². The lowest BCUT2D eigenvalue weighted by Crippen LogP contribution is -2.23. The minimum Gasteiger partial charge on any atom is -0.497 e. The fourth-order valence-corrected chi connectivity index (χ4v) is 3.01. The fourth-order valence-electron chi connectivity index (χ4n) is 2.84. The van der Waals surface area contributed by atoms with Gasteiger partial charge in [0.25, 0.3) is 0 Å². The molecule has 0 atom stereocenters. The van der Waals surface area contributed by atoms with E-state index in [1.807, 2.05) is 31.2 Å². The van der Waals surface area contributed by atoms with E-state index in [1.165, 1.54) is 0 Å². The number of hydrogen-bond acceptors (Lipinski definition) is 7. The van der Waals surface area contributed by atoms with Crippen LogP contribution in [0.2, 0.25) is 0 Å². The van der Waals surface area contributed by atoms with Crippen molar-refractivity contribution in [2.24, 2.45) is 5.10 Å². The van der Waals surface area contributed by atoms with Crippen LogP contribution in [0.15, 0.2) is 71.8 Å². The zero-order chi connectivity index (χ0) is 24.3. The number of carbonyl (C=O) groups excluding carboxylic acids is 1. The highest BCUT2D eigenvalue weighted by Crippen LogP contribution is 2.29. The molecule has 0 aliphatic rings. The van der Waals surface area contributed by atoms with Crippen molar-refractivity contribution in [3.63, 3.8) is 0 Å². The van der Waals surface area contributed by atoms with E-state index in [9.17, 15) is 4.79 Å². The summed E-state index contributed by atoms with van der Waals surface area (Å²) in [5.41, 5.74) is 4.69. The predicted molar refractivity (Wildman–Crippen MR) is 136 cm³/mol. The standard InChI is InChI=1S/C25H25N3O5S/c1-4-32-23-15-17(16-26-28-25(34)27-19-8-12-21(31-3)13-9-19)5-14-22(23)33-24(29)18-6-10-20(30-2)11-7-18/h5-16H,4H2,1-3H3,(H2,27,28,34). The molecule has 0 heterocycles. The predicted octanol–water partition coefficient (Wildman–Crippen LogP) is 4.64. The normalized spacial score (nSPS) is 10.4. The number of methoxy groups -OCH3 is 2. The van der Waals surface area contributed by atoms with E-state index in [0.717, 1.165) is 17.0 Å². The van der Waals surface area contributed by atoms with Crippen LogP contribution in [-0.4, -0.2) is 38.1 Å². The molecular weight excluding hydrogens is 454 g/mol. The fraction of sp³-hybridized carbons (Fsp3) is 0.160. The van der Waals surface area contributed by atoms with E-state index in [1.54, 1.807) is 62.9 Å². The van der Waals surface area contributed by atoms with Crippen molar-refractivity contribution in [3.8, 4) is 23.0 Å². The van der Waals surface area contributed by atoms with Gasteiger partial charge in [-0.3, -0.25) is 5.43 Å². The van der Waals surface area contributed by atoms with Crippen LogP contribution in [0.1, 0.15) is 22.8 Å². The SMILES string of the molecule is CCOc1cc(C=NNC(=S)Nc2ccc(OC)cc2)ccc1OC(=O)c1ccc(OC)cc1. The monoisotopic (exact) mass is 479 g/mol. The number of benzene rings is 3. The number of hydrazone groups is 1. The Hall–Kier alpha value is -4.11. The number of nitrogens with zero attached hydrogens (tertiary/aromatic N) is 1. The molecule has 176 valence electrons. The first-order chi connectivity index (χ1) is 16.5. The summed E-state index contributed by atoms with van der Waals surface area (Å²) < 4.78 is 21.4. The number of nitrogens with one attached hydrogen (secondary N) is 2. The second kappa shape index (κ2) is 12.2. The average Bonchev–Trinajstić information content (AvgIpc) is 2.86. The van der Waals surface area contributed by atoms with Gasteiger partial charge in [-0.1, -0.05) is 0 Å². The zero-order valence-corrected chi connectivity index (χ0v) is 19.8. The smallest absolute Gasteiger partial charge is 0.343 e. The molecule has 0 aromatic heterocycles. The quantitative estimate of drug-likeness (QED) is 0.151. The summed E-state index contributed by atoms with van der Waals surface area (Å²) in [7, 11) is 3.17. The summed E-state index contributed by atoms with van der Waals surface area (Å²) >= 11 is 5.25. The molecule has 3 aromatic rings. The number of anilines is 1. The molecule has 0 aliphatic carbocycles. The Morgan fingerprint density at radius 1 is 0.941 bits per heavy atom. The largest absolute Gasteiger partial charge is 0.497 e. The third-order valence-electron chi connectivity index (χ3n) is 4.52. The molecule has 0 saturated carbocycles. The van der Waals surface area contributed by atoms with Crippen LogP contribution in [0.4, 0.5) is 5.69 Å². The molecule has 9 heteroatoms. The maximum atomic E-state index is 12.5. The Labute approximate surface area is 203 Å². The molecule has 34 heavy (non-hydrogen) atoms. The van der Waals surface area contributed by atoms with E-state index >= 15 is 0 Å². The second-order valence-corrected chi connectivity index (χ2v) is 7.22. The van der Waals surface area contributed by atoms with Crippen LogP contribution in [0.3, 0.4) is 0 Å². The summed E-state index contributed by atoms with van der Waals surface area (Å²) in [5.74, 6) is 1.64. The molecule has 3 aromatic carbocycles. The molecule has 0 bridgehead atoms. The number of thiocarbonyl (C=S) groups is 1. The lowest BCUT2D eigenvalue weighted by molar-refractivity contribution is 0.0728. The number of ether oxygens (including phenoxy) is 4. The van der Waals surface area contributed by atoms with Crippen molar-refractivity contribution in [3.05, 3.63) is 77.9 Å². The Balaban J connectivity index is 1.62. The number of rotatable bonds is 9. The maximum absolute atomic E-state index is 12.5. The topological polar surface area (TPSA) is 90.4 Å². The maximum Gasteiger partial charge on any atom is 0.343 e. The van der Waals surface area contributed by atoms with Gasteiger partial charge < -0.3 is 24.3 Å². The molecule has 0 amide bonds. The van der Waals surface area contributed by atoms with E-state index in [-0.39, 0.29) is 0 Å². The summed E-state index contributed by atoms with van der Waals surface area (Å²) in [6.07, 6.45) is 1.58. The van der Waals surface area contributed by atoms with Crippen LogP contribution in [0, 0.1) is 0 Å². The highest BCUT2D eigenvalue weighted by molar-refractivity contribution is 7.80. The molecule has 0 radical (unpaired) electrons. The highest BCUT2D eigenvalue weighted by Gasteiger charge is 2.13. The third-order valence-corrected chi connectivity index (χ3v) is 4.72. The van der Waals surface area contributed by atoms with Crippen LogP contribution in [0.25, 0.3) is 0 Å². The Morgan fingerprint density at radius 3 is 2.21 bits per heavy atom. The Morgan fingerprint density at radius 2 is 1.59 bits per heavy atom. The Kier molecular flexibility index (Phi) is 8.81. The molecule has 0 spiro atoms. The van der Waals surface area contributed by atoms with E-state index in [2.05, 4.69) is 15.8 Å². The van der Waals surface area contributed by atoms with Crippen LogP contribution >= 0.6 is 12.2 Å². The highest BCUT2D eigenvalue weighted by atomic mass is 32.1. The van der Waals surface area contributed by atoms with Crippen molar-refractivity contribution < 1.29 is 23.7 Å². The van der Waals surface area contributed by atoms with Gasteiger partial charge in [0.1, 0.15) is 11.5 Å². The minimum absolute atomic E-state index is 0.310.